The van der Waals surface area contributed by atoms with Gasteiger partial charge in [-0.15, -0.1) is 0 Å². The Morgan fingerprint density at radius 1 is 1.17 bits per heavy atom. The monoisotopic (exact) mass is 331 g/mol. The summed E-state index contributed by atoms with van der Waals surface area (Å²) in [4.78, 5) is 4.32. The van der Waals surface area contributed by atoms with Crippen molar-refractivity contribution in [3.8, 4) is 5.75 Å². The predicted octanol–water partition coefficient (Wildman–Crippen LogP) is 3.35. The molecule has 120 valence electrons. The van der Waals surface area contributed by atoms with E-state index in [1.807, 2.05) is 30.3 Å². The number of azide groups is 1. The lowest BCUT2D eigenvalue weighted by Crippen LogP contribution is -2.21. The number of hydrogen-bond acceptors (Lipinski definition) is 5. The average molecular weight is 331 g/mol. The summed E-state index contributed by atoms with van der Waals surface area (Å²) >= 11 is -2.23. The van der Waals surface area contributed by atoms with Crippen molar-refractivity contribution in [3.63, 3.8) is 0 Å². The second-order valence-corrected chi connectivity index (χ2v) is 5.36. The first-order valence-corrected chi connectivity index (χ1v) is 8.07. The molecule has 8 heteroatoms. The molecule has 1 unspecified atom stereocenters. The highest BCUT2D eigenvalue weighted by Crippen LogP contribution is 2.28. The summed E-state index contributed by atoms with van der Waals surface area (Å²) < 4.78 is 27.8. The van der Waals surface area contributed by atoms with E-state index < -0.39 is 11.1 Å². The lowest BCUT2D eigenvalue weighted by molar-refractivity contribution is 0.328. The molecule has 0 aliphatic heterocycles. The van der Waals surface area contributed by atoms with Crippen LogP contribution in [-0.2, 0) is 11.1 Å². The van der Waals surface area contributed by atoms with Crippen molar-refractivity contribution in [3.05, 3.63) is 65.0 Å². The number of anilines is 2. The maximum Gasteiger partial charge on any atom is 0.121 e. The van der Waals surface area contributed by atoms with E-state index in [2.05, 4.69) is 10.0 Å². The van der Waals surface area contributed by atoms with Gasteiger partial charge in [0.25, 0.3) is 0 Å². The summed E-state index contributed by atoms with van der Waals surface area (Å²) in [6.07, 6.45) is 0. The van der Waals surface area contributed by atoms with Crippen LogP contribution in [0.2, 0.25) is 0 Å². The third-order valence-corrected chi connectivity index (χ3v) is 3.42. The van der Waals surface area contributed by atoms with Gasteiger partial charge in [-0.1, -0.05) is 29.4 Å². The second kappa shape index (κ2) is 8.79. The van der Waals surface area contributed by atoms with E-state index in [0.29, 0.717) is 11.4 Å². The van der Waals surface area contributed by atoms with Crippen LogP contribution in [-0.4, -0.2) is 27.8 Å². The predicted molar refractivity (Wildman–Crippen MR) is 88.3 cm³/mol. The summed E-state index contributed by atoms with van der Waals surface area (Å²) in [6.45, 7) is 0.486. The highest BCUT2D eigenvalue weighted by Gasteiger charge is 2.10. The average Bonchev–Trinajstić information content (AvgIpc) is 2.57. The molecule has 0 saturated heterocycles. The molecule has 2 aromatic rings. The molecular formula is C15H15N4O3S-. The zero-order valence-corrected chi connectivity index (χ0v) is 13.1. The Kier molecular flexibility index (Phi) is 6.43. The van der Waals surface area contributed by atoms with Gasteiger partial charge in [-0.2, -0.15) is 0 Å². The summed E-state index contributed by atoms with van der Waals surface area (Å²) in [5.41, 5.74) is 9.69. The van der Waals surface area contributed by atoms with Gasteiger partial charge in [-0.25, -0.2) is 0 Å². The summed E-state index contributed by atoms with van der Waals surface area (Å²) in [5.74, 6) is 0.417. The smallest absolute Gasteiger partial charge is 0.121 e. The Hall–Kier alpha value is -2.54. The Labute approximate surface area is 136 Å². The van der Waals surface area contributed by atoms with Gasteiger partial charge in [0.15, 0.2) is 0 Å². The van der Waals surface area contributed by atoms with Crippen molar-refractivity contribution in [1.82, 2.24) is 0 Å². The van der Waals surface area contributed by atoms with Crippen molar-refractivity contribution in [1.29, 1.82) is 0 Å². The van der Waals surface area contributed by atoms with Crippen LogP contribution >= 0.6 is 0 Å². The van der Waals surface area contributed by atoms with Crippen LogP contribution < -0.4 is 9.64 Å². The van der Waals surface area contributed by atoms with Gasteiger partial charge in [0.05, 0.1) is 19.0 Å². The number of rotatable bonds is 8. The first kappa shape index (κ1) is 16.8. The molecule has 2 aromatic carbocycles. The minimum Gasteiger partial charge on any atom is -0.771 e. The number of nitrogens with zero attached hydrogens (tertiary/aromatic N) is 4. The molecule has 0 radical (unpaired) electrons. The van der Waals surface area contributed by atoms with Crippen molar-refractivity contribution in [2.45, 2.75) is 0 Å². The van der Waals surface area contributed by atoms with Crippen LogP contribution in [0.25, 0.3) is 10.4 Å². The van der Waals surface area contributed by atoms with Gasteiger partial charge in [-0.3, -0.25) is 4.21 Å². The standard InChI is InChI=1S/C15H16N4O3S/c16-18-17-9-10-22-15-8-4-7-14(11-15)19(12-23(20)21)13-5-2-1-3-6-13/h1-8,11H,9-10,12H2,(H,20,21)/p-1. The van der Waals surface area contributed by atoms with Crippen molar-refractivity contribution < 1.29 is 13.5 Å². The normalized spacial score (nSPS) is 11.3. The van der Waals surface area contributed by atoms with Gasteiger partial charge in [0.2, 0.25) is 0 Å². The number of ether oxygens (including phenoxy) is 1. The molecule has 0 spiro atoms. The van der Waals surface area contributed by atoms with Gasteiger partial charge in [0.1, 0.15) is 5.75 Å². The second-order valence-electron chi connectivity index (χ2n) is 4.50. The number of benzene rings is 2. The minimum absolute atomic E-state index is 0.161. The molecule has 0 aromatic heterocycles. The van der Waals surface area contributed by atoms with Crippen molar-refractivity contribution in [2.75, 3.05) is 23.9 Å². The molecule has 0 amide bonds. The molecule has 0 bridgehead atoms. The van der Waals surface area contributed by atoms with E-state index in [-0.39, 0.29) is 19.0 Å². The van der Waals surface area contributed by atoms with E-state index in [1.54, 1.807) is 29.2 Å². The van der Waals surface area contributed by atoms with Crippen molar-refractivity contribution in [2.24, 2.45) is 5.11 Å². The maximum atomic E-state index is 11.2. The van der Waals surface area contributed by atoms with Crippen molar-refractivity contribution >= 4 is 22.5 Å². The molecule has 7 nitrogen and oxygen atoms in total. The quantitative estimate of drug-likeness (QED) is 0.243. The maximum absolute atomic E-state index is 11.2. The van der Waals surface area contributed by atoms with E-state index >= 15 is 0 Å². The summed E-state index contributed by atoms with van der Waals surface area (Å²) in [6, 6.07) is 16.3. The first-order chi connectivity index (χ1) is 11.2. The van der Waals surface area contributed by atoms with Crippen LogP contribution in [0.1, 0.15) is 0 Å². The lowest BCUT2D eigenvalue weighted by Gasteiger charge is -2.26. The van der Waals surface area contributed by atoms with Gasteiger partial charge < -0.3 is 14.2 Å². The Bertz CT molecular complexity index is 705. The van der Waals surface area contributed by atoms with Gasteiger partial charge in [-0.05, 0) is 40.9 Å². The fourth-order valence-corrected chi connectivity index (χ4v) is 2.51. The summed E-state index contributed by atoms with van der Waals surface area (Å²) in [5, 5.41) is 3.39. The molecule has 0 fully saturated rings. The molecule has 23 heavy (non-hydrogen) atoms. The fourth-order valence-electron chi connectivity index (χ4n) is 2.00. The highest BCUT2D eigenvalue weighted by molar-refractivity contribution is 7.79. The Balaban J connectivity index is 2.21. The Morgan fingerprint density at radius 3 is 2.61 bits per heavy atom. The molecule has 0 aliphatic rings. The SMILES string of the molecule is [N-]=[N+]=NCCOc1cccc(N(CS(=O)[O-])c2ccccc2)c1. The zero-order chi connectivity index (χ0) is 16.5. The topological polar surface area (TPSA) is 101 Å². The van der Waals surface area contributed by atoms with Crippen LogP contribution in [0.4, 0.5) is 11.4 Å². The van der Waals surface area contributed by atoms with Gasteiger partial charge >= 0.3 is 0 Å². The molecule has 1 atom stereocenters. The van der Waals surface area contributed by atoms with Crippen LogP contribution in [0, 0.1) is 0 Å². The Morgan fingerprint density at radius 2 is 1.91 bits per heavy atom. The molecule has 2 rings (SSSR count). The number of para-hydroxylation sites is 1. The molecule has 0 aliphatic carbocycles. The summed E-state index contributed by atoms with van der Waals surface area (Å²) in [7, 11) is 0. The molecule has 0 N–H and O–H groups in total. The molecule has 0 saturated carbocycles. The first-order valence-electron chi connectivity index (χ1n) is 6.83. The highest BCUT2D eigenvalue weighted by atomic mass is 32.2. The molecular weight excluding hydrogens is 316 g/mol. The van der Waals surface area contributed by atoms with Crippen LogP contribution in [0.15, 0.2) is 59.7 Å². The largest absolute Gasteiger partial charge is 0.771 e. The van der Waals surface area contributed by atoms with E-state index in [1.165, 1.54) is 0 Å². The zero-order valence-electron chi connectivity index (χ0n) is 12.2. The van der Waals surface area contributed by atoms with Gasteiger partial charge in [0, 0.05) is 22.4 Å². The van der Waals surface area contributed by atoms with E-state index in [0.717, 1.165) is 5.69 Å². The fraction of sp³-hybridized carbons (Fsp3) is 0.200. The third-order valence-electron chi connectivity index (χ3n) is 2.95. The van der Waals surface area contributed by atoms with E-state index in [4.69, 9.17) is 10.3 Å². The van der Waals surface area contributed by atoms with E-state index in [9.17, 15) is 8.76 Å². The number of hydrogen-bond donors (Lipinski definition) is 0. The van der Waals surface area contributed by atoms with Crippen LogP contribution in [0.5, 0.6) is 5.75 Å². The molecule has 0 heterocycles. The third kappa shape index (κ3) is 5.30. The minimum atomic E-state index is -2.23. The lowest BCUT2D eigenvalue weighted by atomic mass is 10.2. The van der Waals surface area contributed by atoms with Crippen LogP contribution in [0.3, 0.4) is 0 Å².